The number of fused-ring (bicyclic) bond motifs is 5. The molecule has 28 heavy (non-hydrogen) atoms. The van der Waals surface area contributed by atoms with Crippen LogP contribution in [0.1, 0.15) is 56.6 Å². The third-order valence-electron chi connectivity index (χ3n) is 7.74. The van der Waals surface area contributed by atoms with Gasteiger partial charge in [-0.25, -0.2) is 0 Å². The SMILES string of the molecule is COc1ccc2c(c1)CC[C@@H]1[C@@H]2CC[C@]2(C)C(=O)[C@@](CBr)(COC(C)=O)C[C@@H]12. The molecule has 0 saturated heterocycles. The van der Waals surface area contributed by atoms with Gasteiger partial charge in [0.1, 0.15) is 18.1 Å². The topological polar surface area (TPSA) is 52.6 Å². The van der Waals surface area contributed by atoms with Gasteiger partial charge in [-0.05, 0) is 73.1 Å². The van der Waals surface area contributed by atoms with Gasteiger partial charge < -0.3 is 9.47 Å². The molecule has 0 heterocycles. The number of halogens is 1. The van der Waals surface area contributed by atoms with Crippen molar-refractivity contribution < 1.29 is 19.1 Å². The van der Waals surface area contributed by atoms with Gasteiger partial charge in [-0.3, -0.25) is 9.59 Å². The van der Waals surface area contributed by atoms with Gasteiger partial charge in [0.15, 0.2) is 0 Å². The molecule has 4 nitrogen and oxygen atoms in total. The Bertz CT molecular complexity index is 806. The number of alkyl halides is 1. The normalized spacial score (nSPS) is 36.3. The largest absolute Gasteiger partial charge is 0.497 e. The van der Waals surface area contributed by atoms with Crippen molar-refractivity contribution >= 4 is 27.7 Å². The summed E-state index contributed by atoms with van der Waals surface area (Å²) in [6.45, 7) is 3.78. The Morgan fingerprint density at radius 1 is 1.32 bits per heavy atom. The van der Waals surface area contributed by atoms with Crippen LogP contribution in [0.2, 0.25) is 0 Å². The Kier molecular flexibility index (Phi) is 5.09. The lowest BCUT2D eigenvalue weighted by Crippen LogP contribution is -2.44. The molecular formula is C23H29BrO4. The molecule has 5 atom stereocenters. The van der Waals surface area contributed by atoms with Crippen LogP contribution in [-0.4, -0.2) is 30.8 Å². The van der Waals surface area contributed by atoms with Crippen molar-refractivity contribution in [2.75, 3.05) is 19.0 Å². The summed E-state index contributed by atoms with van der Waals surface area (Å²) in [5.41, 5.74) is 1.96. The number of carbonyl (C=O) groups is 2. The van der Waals surface area contributed by atoms with Crippen molar-refractivity contribution in [3.63, 3.8) is 0 Å². The molecule has 0 N–H and O–H groups in total. The summed E-state index contributed by atoms with van der Waals surface area (Å²) in [7, 11) is 1.71. The van der Waals surface area contributed by atoms with Crippen molar-refractivity contribution in [2.45, 2.75) is 51.9 Å². The predicted molar refractivity (Wildman–Crippen MR) is 111 cm³/mol. The van der Waals surface area contributed by atoms with Crippen LogP contribution in [0.25, 0.3) is 0 Å². The van der Waals surface area contributed by atoms with E-state index in [-0.39, 0.29) is 18.0 Å². The molecule has 2 saturated carbocycles. The molecule has 0 amide bonds. The lowest BCUT2D eigenvalue weighted by atomic mass is 9.55. The quantitative estimate of drug-likeness (QED) is 0.495. The van der Waals surface area contributed by atoms with Gasteiger partial charge in [0.25, 0.3) is 0 Å². The fourth-order valence-corrected chi connectivity index (χ4v) is 6.95. The van der Waals surface area contributed by atoms with Gasteiger partial charge in [-0.2, -0.15) is 0 Å². The van der Waals surface area contributed by atoms with Crippen molar-refractivity contribution in [3.05, 3.63) is 29.3 Å². The summed E-state index contributed by atoms with van der Waals surface area (Å²) in [6, 6.07) is 6.49. The molecule has 0 radical (unpaired) electrons. The predicted octanol–water partition coefficient (Wildman–Crippen LogP) is 4.67. The molecule has 0 unspecified atom stereocenters. The summed E-state index contributed by atoms with van der Waals surface area (Å²) in [5.74, 6) is 2.28. The second-order valence-corrected chi connectivity index (χ2v) is 9.72. The van der Waals surface area contributed by atoms with Crippen LogP contribution in [0.4, 0.5) is 0 Å². The fraction of sp³-hybridized carbons (Fsp3) is 0.652. The Morgan fingerprint density at radius 3 is 2.79 bits per heavy atom. The number of hydrogen-bond acceptors (Lipinski definition) is 4. The number of Topliss-reactive ketones (excluding diaryl/α,β-unsaturated/α-hetero) is 1. The summed E-state index contributed by atoms with van der Waals surface area (Å²) in [6.07, 6.45) is 4.93. The zero-order valence-corrected chi connectivity index (χ0v) is 18.5. The van der Waals surface area contributed by atoms with E-state index in [2.05, 4.69) is 41.1 Å². The number of methoxy groups -OCH3 is 1. The number of carbonyl (C=O) groups excluding carboxylic acids is 2. The third kappa shape index (κ3) is 2.92. The Hall–Kier alpha value is -1.36. The van der Waals surface area contributed by atoms with Gasteiger partial charge in [0.2, 0.25) is 0 Å². The molecule has 5 heteroatoms. The minimum atomic E-state index is -0.583. The smallest absolute Gasteiger partial charge is 0.302 e. The number of esters is 1. The van der Waals surface area contributed by atoms with Crippen molar-refractivity contribution in [2.24, 2.45) is 22.7 Å². The lowest BCUT2D eigenvalue weighted by Gasteiger charge is -2.48. The lowest BCUT2D eigenvalue weighted by molar-refractivity contribution is -0.147. The highest BCUT2D eigenvalue weighted by molar-refractivity contribution is 9.09. The highest BCUT2D eigenvalue weighted by atomic mass is 79.9. The summed E-state index contributed by atoms with van der Waals surface area (Å²) in [4.78, 5) is 25.0. The van der Waals surface area contributed by atoms with E-state index >= 15 is 0 Å². The number of benzene rings is 1. The van der Waals surface area contributed by atoms with Crippen LogP contribution < -0.4 is 4.74 Å². The second kappa shape index (κ2) is 7.16. The third-order valence-corrected chi connectivity index (χ3v) is 8.82. The van der Waals surface area contributed by atoms with E-state index in [0.29, 0.717) is 28.9 Å². The highest BCUT2D eigenvalue weighted by Gasteiger charge is 2.63. The van der Waals surface area contributed by atoms with Gasteiger partial charge in [0, 0.05) is 17.7 Å². The van der Waals surface area contributed by atoms with Crippen molar-refractivity contribution in [3.8, 4) is 5.75 Å². The zero-order chi connectivity index (χ0) is 20.1. The molecule has 2 fully saturated rings. The molecule has 0 aromatic heterocycles. The molecule has 0 bridgehead atoms. The van der Waals surface area contributed by atoms with Gasteiger partial charge in [-0.15, -0.1) is 0 Å². The summed E-state index contributed by atoms with van der Waals surface area (Å²) in [5, 5.41) is 0.559. The Morgan fingerprint density at radius 2 is 2.11 bits per heavy atom. The fourth-order valence-electron chi connectivity index (χ4n) is 6.30. The summed E-state index contributed by atoms with van der Waals surface area (Å²) < 4.78 is 10.8. The first-order valence-corrected chi connectivity index (χ1v) is 11.4. The standard InChI is InChI=1S/C23H29BrO4/c1-14(25)28-13-23(12-24)11-20-19-6-4-15-10-16(27-3)5-7-17(15)18(19)8-9-22(20,2)21(23)26/h5,7,10,18-20H,4,6,8-9,11-13H2,1-3H3/t18-,19-,20+,22+,23+/m1/s1. The average Bonchev–Trinajstić information content (AvgIpc) is 2.93. The maximum Gasteiger partial charge on any atom is 0.302 e. The van der Waals surface area contributed by atoms with Crippen LogP contribution in [0.5, 0.6) is 5.75 Å². The molecular weight excluding hydrogens is 420 g/mol. The van der Waals surface area contributed by atoms with Gasteiger partial charge >= 0.3 is 5.97 Å². The van der Waals surface area contributed by atoms with Crippen LogP contribution in [0, 0.1) is 22.7 Å². The van der Waals surface area contributed by atoms with Crippen LogP contribution in [0.15, 0.2) is 18.2 Å². The maximum atomic E-state index is 13.6. The Labute approximate surface area is 175 Å². The van der Waals surface area contributed by atoms with Crippen molar-refractivity contribution in [1.29, 1.82) is 0 Å². The number of ketones is 1. The molecule has 152 valence electrons. The van der Waals surface area contributed by atoms with Gasteiger partial charge in [0.05, 0.1) is 12.5 Å². The van der Waals surface area contributed by atoms with E-state index < -0.39 is 5.41 Å². The van der Waals surface area contributed by atoms with E-state index in [1.165, 1.54) is 18.1 Å². The monoisotopic (exact) mass is 448 g/mol. The number of ether oxygens (including phenoxy) is 2. The zero-order valence-electron chi connectivity index (χ0n) is 16.9. The van der Waals surface area contributed by atoms with Crippen LogP contribution in [-0.2, 0) is 20.7 Å². The van der Waals surface area contributed by atoms with Gasteiger partial charge in [-0.1, -0.05) is 28.9 Å². The van der Waals surface area contributed by atoms with E-state index in [1.54, 1.807) is 7.11 Å². The first kappa shape index (κ1) is 19.9. The first-order chi connectivity index (χ1) is 13.3. The van der Waals surface area contributed by atoms with E-state index in [4.69, 9.17) is 9.47 Å². The number of rotatable bonds is 4. The highest BCUT2D eigenvalue weighted by Crippen LogP contribution is 2.64. The maximum absolute atomic E-state index is 13.6. The number of aryl methyl sites for hydroxylation is 1. The minimum absolute atomic E-state index is 0.198. The van der Waals surface area contributed by atoms with Crippen LogP contribution in [0.3, 0.4) is 0 Å². The summed E-state index contributed by atoms with van der Waals surface area (Å²) >= 11 is 3.59. The molecule has 1 aromatic carbocycles. The first-order valence-electron chi connectivity index (χ1n) is 10.3. The van der Waals surface area contributed by atoms with E-state index in [1.807, 2.05) is 0 Å². The second-order valence-electron chi connectivity index (χ2n) is 9.16. The molecule has 0 spiro atoms. The van der Waals surface area contributed by atoms with E-state index in [0.717, 1.165) is 37.9 Å². The molecule has 3 aliphatic carbocycles. The van der Waals surface area contributed by atoms with Crippen molar-refractivity contribution in [1.82, 2.24) is 0 Å². The van der Waals surface area contributed by atoms with Crippen LogP contribution >= 0.6 is 15.9 Å². The molecule has 3 aliphatic rings. The van der Waals surface area contributed by atoms with E-state index in [9.17, 15) is 9.59 Å². The number of hydrogen-bond donors (Lipinski definition) is 0. The Balaban J connectivity index is 1.65. The average molecular weight is 449 g/mol. The molecule has 4 rings (SSSR count). The molecule has 1 aromatic rings. The minimum Gasteiger partial charge on any atom is -0.497 e. The molecule has 0 aliphatic heterocycles.